The maximum atomic E-state index is 6.89. The van der Waals surface area contributed by atoms with Gasteiger partial charge in [-0.15, -0.1) is 0 Å². The molecule has 1 heterocycles. The summed E-state index contributed by atoms with van der Waals surface area (Å²) in [5.74, 6) is 0. The Balaban J connectivity index is 1.19. The number of furan rings is 1. The van der Waals surface area contributed by atoms with E-state index in [1.54, 1.807) is 0 Å². The molecule has 0 atom stereocenters. The predicted octanol–water partition coefficient (Wildman–Crippen LogP) is 12.5. The molecule has 0 saturated heterocycles. The number of hydrogen-bond donors (Lipinski definition) is 0. The van der Waals surface area contributed by atoms with Gasteiger partial charge in [0, 0.05) is 16.3 Å². The van der Waals surface area contributed by atoms with Crippen molar-refractivity contribution in [2.24, 2.45) is 0 Å². The number of fused-ring (bicyclic) bond motifs is 7. The van der Waals surface area contributed by atoms with Crippen LogP contribution in [0.4, 0.5) is 0 Å². The molecule has 0 amide bonds. The van der Waals surface area contributed by atoms with Gasteiger partial charge in [0.1, 0.15) is 11.2 Å². The fourth-order valence-electron chi connectivity index (χ4n) is 8.91. The lowest BCUT2D eigenvalue weighted by atomic mass is 9.68. The molecule has 1 aliphatic carbocycles. The molecule has 0 aliphatic heterocycles. The SMILES string of the molecule is c1ccc(C2(c3ccccc3)c3ccccc3-c3c2ccc2c3oc3ccc(-c4ccc5ccc6cccc7ccc4c5c67)cc32)cc1. The van der Waals surface area contributed by atoms with Gasteiger partial charge in [0.25, 0.3) is 0 Å². The van der Waals surface area contributed by atoms with Gasteiger partial charge in [-0.1, -0.05) is 158 Å². The molecular formula is C47H28O. The Morgan fingerprint density at radius 2 is 1.04 bits per heavy atom. The van der Waals surface area contributed by atoms with Gasteiger partial charge in [-0.25, -0.2) is 0 Å². The van der Waals surface area contributed by atoms with Gasteiger partial charge in [-0.3, -0.25) is 0 Å². The summed E-state index contributed by atoms with van der Waals surface area (Å²) in [6.07, 6.45) is 0. The molecule has 0 spiro atoms. The van der Waals surface area contributed by atoms with Crippen molar-refractivity contribution < 1.29 is 4.42 Å². The smallest absolute Gasteiger partial charge is 0.143 e. The largest absolute Gasteiger partial charge is 0.455 e. The first kappa shape index (κ1) is 25.9. The summed E-state index contributed by atoms with van der Waals surface area (Å²) in [6, 6.07) is 62.4. The van der Waals surface area contributed by atoms with Crippen LogP contribution in [0.2, 0.25) is 0 Å². The van der Waals surface area contributed by atoms with E-state index in [1.165, 1.54) is 76.8 Å². The second-order valence-electron chi connectivity index (χ2n) is 13.2. The van der Waals surface area contributed by atoms with E-state index in [-0.39, 0.29) is 0 Å². The van der Waals surface area contributed by atoms with Gasteiger partial charge in [-0.2, -0.15) is 0 Å². The summed E-state index contributed by atoms with van der Waals surface area (Å²) in [5.41, 5.74) is 11.4. The van der Waals surface area contributed by atoms with Crippen LogP contribution < -0.4 is 0 Å². The molecule has 0 fully saturated rings. The lowest BCUT2D eigenvalue weighted by Crippen LogP contribution is -2.28. The summed E-state index contributed by atoms with van der Waals surface area (Å²) < 4.78 is 6.89. The predicted molar refractivity (Wildman–Crippen MR) is 200 cm³/mol. The average molecular weight is 609 g/mol. The molecular weight excluding hydrogens is 581 g/mol. The summed E-state index contributed by atoms with van der Waals surface area (Å²) in [6.45, 7) is 0. The number of benzene rings is 9. The first-order chi connectivity index (χ1) is 23.8. The van der Waals surface area contributed by atoms with E-state index in [1.807, 2.05) is 0 Å². The van der Waals surface area contributed by atoms with Crippen LogP contribution in [-0.4, -0.2) is 0 Å². The zero-order chi connectivity index (χ0) is 31.4. The molecule has 9 aromatic carbocycles. The molecule has 11 rings (SSSR count). The van der Waals surface area contributed by atoms with Crippen molar-refractivity contribution in [3.63, 3.8) is 0 Å². The Hall–Kier alpha value is -6.18. The topological polar surface area (TPSA) is 13.1 Å². The standard InChI is InChI=1S/C47H28O/c1-3-12-33(13-4-1)47(34-14-5-2-6-15-34)40-17-8-7-16-38(40)45-41(47)26-25-37-39-28-32(22-27-42(39)48-46(37)45)35-23-20-31-19-18-29-10-9-11-30-21-24-36(35)44(31)43(29)30/h1-28H. The quantitative estimate of drug-likeness (QED) is 0.182. The summed E-state index contributed by atoms with van der Waals surface area (Å²) in [4.78, 5) is 0. The van der Waals surface area contributed by atoms with Crippen LogP contribution in [0.15, 0.2) is 174 Å². The minimum atomic E-state index is -0.450. The molecule has 1 nitrogen and oxygen atoms in total. The third-order valence-corrected chi connectivity index (χ3v) is 10.9. The molecule has 0 radical (unpaired) electrons. The van der Waals surface area contributed by atoms with E-state index in [0.29, 0.717) is 0 Å². The maximum absolute atomic E-state index is 6.89. The maximum Gasteiger partial charge on any atom is 0.143 e. The monoisotopic (exact) mass is 608 g/mol. The highest BCUT2D eigenvalue weighted by atomic mass is 16.3. The highest BCUT2D eigenvalue weighted by molar-refractivity contribution is 6.25. The van der Waals surface area contributed by atoms with Crippen molar-refractivity contribution in [1.82, 2.24) is 0 Å². The van der Waals surface area contributed by atoms with Gasteiger partial charge in [0.2, 0.25) is 0 Å². The molecule has 222 valence electrons. The Labute approximate surface area is 277 Å². The Kier molecular flexibility index (Phi) is 5.10. The van der Waals surface area contributed by atoms with Crippen molar-refractivity contribution in [2.45, 2.75) is 5.41 Å². The minimum absolute atomic E-state index is 0.450. The van der Waals surface area contributed by atoms with Crippen molar-refractivity contribution >= 4 is 54.3 Å². The Morgan fingerprint density at radius 3 is 1.81 bits per heavy atom. The number of rotatable bonds is 3. The van der Waals surface area contributed by atoms with E-state index in [9.17, 15) is 0 Å². The van der Waals surface area contributed by atoms with Gasteiger partial charge in [0.05, 0.1) is 5.41 Å². The molecule has 0 N–H and O–H groups in total. The zero-order valence-corrected chi connectivity index (χ0v) is 26.1. The van der Waals surface area contributed by atoms with Crippen LogP contribution in [0, 0.1) is 0 Å². The molecule has 0 bridgehead atoms. The van der Waals surface area contributed by atoms with Crippen LogP contribution in [0.5, 0.6) is 0 Å². The summed E-state index contributed by atoms with van der Waals surface area (Å²) >= 11 is 0. The summed E-state index contributed by atoms with van der Waals surface area (Å²) in [7, 11) is 0. The van der Waals surface area contributed by atoms with E-state index >= 15 is 0 Å². The first-order valence-corrected chi connectivity index (χ1v) is 16.7. The normalized spacial score (nSPS) is 13.6. The van der Waals surface area contributed by atoms with Crippen molar-refractivity contribution in [1.29, 1.82) is 0 Å². The summed E-state index contributed by atoms with van der Waals surface area (Å²) in [5, 5.41) is 10.1. The van der Waals surface area contributed by atoms with Crippen molar-refractivity contribution in [3.05, 3.63) is 192 Å². The van der Waals surface area contributed by atoms with Gasteiger partial charge in [-0.05, 0) is 83.4 Å². The average Bonchev–Trinajstić information content (AvgIpc) is 3.68. The third-order valence-electron chi connectivity index (χ3n) is 10.9. The van der Waals surface area contributed by atoms with E-state index in [2.05, 4.69) is 170 Å². The first-order valence-electron chi connectivity index (χ1n) is 16.7. The minimum Gasteiger partial charge on any atom is -0.455 e. The van der Waals surface area contributed by atoms with E-state index < -0.39 is 5.41 Å². The second-order valence-corrected chi connectivity index (χ2v) is 13.2. The van der Waals surface area contributed by atoms with Crippen LogP contribution in [0.1, 0.15) is 22.3 Å². The molecule has 48 heavy (non-hydrogen) atoms. The second kappa shape index (κ2) is 9.44. The van der Waals surface area contributed by atoms with Gasteiger partial charge < -0.3 is 4.42 Å². The van der Waals surface area contributed by atoms with Crippen LogP contribution >= 0.6 is 0 Å². The Bertz CT molecular complexity index is 2820. The van der Waals surface area contributed by atoms with Crippen molar-refractivity contribution in [3.8, 4) is 22.3 Å². The van der Waals surface area contributed by atoms with Crippen LogP contribution in [0.3, 0.4) is 0 Å². The molecule has 0 saturated carbocycles. The van der Waals surface area contributed by atoms with Crippen LogP contribution in [0.25, 0.3) is 76.5 Å². The fraction of sp³-hybridized carbons (Fsp3) is 0.0213. The lowest BCUT2D eigenvalue weighted by molar-refractivity contribution is 0.669. The Morgan fingerprint density at radius 1 is 0.396 bits per heavy atom. The highest BCUT2D eigenvalue weighted by Gasteiger charge is 2.47. The van der Waals surface area contributed by atoms with Crippen LogP contribution in [-0.2, 0) is 5.41 Å². The lowest BCUT2D eigenvalue weighted by Gasteiger charge is -2.33. The molecule has 1 aliphatic rings. The fourth-order valence-corrected chi connectivity index (χ4v) is 8.91. The van der Waals surface area contributed by atoms with Gasteiger partial charge >= 0.3 is 0 Å². The van der Waals surface area contributed by atoms with Gasteiger partial charge in [0.15, 0.2) is 0 Å². The molecule has 1 aromatic heterocycles. The number of hydrogen-bond acceptors (Lipinski definition) is 1. The van der Waals surface area contributed by atoms with Crippen molar-refractivity contribution in [2.75, 3.05) is 0 Å². The third kappa shape index (κ3) is 3.25. The zero-order valence-electron chi connectivity index (χ0n) is 26.1. The molecule has 1 heteroatoms. The highest BCUT2D eigenvalue weighted by Crippen LogP contribution is 2.58. The van der Waals surface area contributed by atoms with E-state index in [0.717, 1.165) is 21.9 Å². The molecule has 10 aromatic rings. The molecule has 0 unspecified atom stereocenters. The van der Waals surface area contributed by atoms with E-state index in [4.69, 9.17) is 4.42 Å².